The van der Waals surface area contributed by atoms with Crippen LogP contribution in [0.2, 0.25) is 0 Å². The summed E-state index contributed by atoms with van der Waals surface area (Å²) in [5.74, 6) is -0.816. The fraction of sp³-hybridized carbons (Fsp3) is 0.467. The number of carboxylic acid groups (broad SMARTS) is 1. The molecule has 1 aromatic carbocycles. The number of likely N-dealkylation sites (tertiary alicyclic amines) is 1. The van der Waals surface area contributed by atoms with Gasteiger partial charge in [0, 0.05) is 34.9 Å². The van der Waals surface area contributed by atoms with Crippen LogP contribution in [0.4, 0.5) is 0 Å². The highest BCUT2D eigenvalue weighted by Crippen LogP contribution is 2.20. The molecule has 21 heavy (non-hydrogen) atoms. The highest BCUT2D eigenvalue weighted by atomic mass is 32.2. The van der Waals surface area contributed by atoms with Crippen molar-refractivity contribution in [2.45, 2.75) is 31.1 Å². The summed E-state index contributed by atoms with van der Waals surface area (Å²) in [6.07, 6.45) is 3.77. The van der Waals surface area contributed by atoms with Gasteiger partial charge in [0.1, 0.15) is 6.04 Å². The Bertz CT molecular complexity index is 573. The summed E-state index contributed by atoms with van der Waals surface area (Å²) in [6.45, 7) is 0.472. The van der Waals surface area contributed by atoms with Crippen LogP contribution in [0.15, 0.2) is 24.3 Å². The second-order valence-electron chi connectivity index (χ2n) is 5.27. The maximum absolute atomic E-state index is 12.5. The minimum Gasteiger partial charge on any atom is -0.480 e. The molecule has 1 aromatic rings. The molecule has 1 aliphatic heterocycles. The van der Waals surface area contributed by atoms with Gasteiger partial charge in [-0.3, -0.25) is 9.00 Å². The molecule has 0 spiro atoms. The first-order valence-electron chi connectivity index (χ1n) is 6.92. The number of carbonyl (C=O) groups is 2. The Balaban J connectivity index is 2.22. The lowest BCUT2D eigenvalue weighted by Crippen LogP contribution is -2.48. The Kier molecular flexibility index (Phi) is 5.12. The van der Waals surface area contributed by atoms with E-state index in [1.54, 1.807) is 24.5 Å². The average molecular weight is 309 g/mol. The van der Waals surface area contributed by atoms with Crippen LogP contribution in [0.1, 0.15) is 35.2 Å². The molecule has 2 rings (SSSR count). The summed E-state index contributed by atoms with van der Waals surface area (Å²) in [6, 6.07) is 6.21. The first-order chi connectivity index (χ1) is 9.99. The molecule has 0 radical (unpaired) electrons. The monoisotopic (exact) mass is 309 g/mol. The van der Waals surface area contributed by atoms with Crippen LogP contribution in [0.3, 0.4) is 0 Å². The highest BCUT2D eigenvalue weighted by molar-refractivity contribution is 7.83. The quantitative estimate of drug-likeness (QED) is 0.917. The fourth-order valence-corrected chi connectivity index (χ4v) is 3.28. The summed E-state index contributed by atoms with van der Waals surface area (Å²) in [4.78, 5) is 25.3. The lowest BCUT2D eigenvalue weighted by atomic mass is 10.0. The molecule has 1 aliphatic rings. The molecule has 0 aromatic heterocycles. The van der Waals surface area contributed by atoms with Crippen LogP contribution in [0, 0.1) is 0 Å². The summed E-state index contributed by atoms with van der Waals surface area (Å²) in [5, 5.41) is 9.24. The van der Waals surface area contributed by atoms with Crippen molar-refractivity contribution < 1.29 is 18.9 Å². The van der Waals surface area contributed by atoms with Gasteiger partial charge in [0.25, 0.3) is 5.91 Å². The summed E-state index contributed by atoms with van der Waals surface area (Å²) in [7, 11) is -0.976. The predicted octanol–water partition coefficient (Wildman–Crippen LogP) is 1.64. The van der Waals surface area contributed by atoms with Gasteiger partial charge in [-0.1, -0.05) is 12.1 Å². The molecule has 1 unspecified atom stereocenters. The Morgan fingerprint density at radius 3 is 2.81 bits per heavy atom. The number of nitrogens with zero attached hydrogens (tertiary/aromatic N) is 1. The van der Waals surface area contributed by atoms with E-state index < -0.39 is 22.8 Å². The zero-order valence-corrected chi connectivity index (χ0v) is 12.8. The lowest BCUT2D eigenvalue weighted by molar-refractivity contribution is -0.143. The van der Waals surface area contributed by atoms with Gasteiger partial charge >= 0.3 is 5.97 Å². The fourth-order valence-electron chi connectivity index (χ4n) is 2.63. The van der Waals surface area contributed by atoms with Gasteiger partial charge in [0.2, 0.25) is 0 Å². The molecular formula is C15H19NO4S. The second kappa shape index (κ2) is 6.85. The van der Waals surface area contributed by atoms with Crippen LogP contribution >= 0.6 is 0 Å². The highest BCUT2D eigenvalue weighted by Gasteiger charge is 2.32. The molecule has 2 atom stereocenters. The molecule has 1 N–H and O–H groups in total. The number of rotatable bonds is 4. The van der Waals surface area contributed by atoms with Crippen molar-refractivity contribution >= 4 is 22.7 Å². The van der Waals surface area contributed by atoms with Crippen molar-refractivity contribution in [2.75, 3.05) is 12.8 Å². The SMILES string of the molecule is CS(=O)Cc1cccc(C(=O)N2CCCC[C@@H]2C(=O)O)c1. The maximum atomic E-state index is 12.5. The molecule has 1 amide bonds. The maximum Gasteiger partial charge on any atom is 0.326 e. The topological polar surface area (TPSA) is 74.7 Å². The Hall–Kier alpha value is -1.69. The number of hydrogen-bond acceptors (Lipinski definition) is 3. The third-order valence-electron chi connectivity index (χ3n) is 3.59. The Labute approximate surface area is 126 Å². The molecule has 0 aliphatic carbocycles. The van der Waals surface area contributed by atoms with Crippen molar-refractivity contribution in [3.63, 3.8) is 0 Å². The molecule has 5 nitrogen and oxygen atoms in total. The van der Waals surface area contributed by atoms with E-state index in [1.165, 1.54) is 4.90 Å². The van der Waals surface area contributed by atoms with Gasteiger partial charge in [0.05, 0.1) is 0 Å². The minimum absolute atomic E-state index is 0.258. The van der Waals surface area contributed by atoms with E-state index in [-0.39, 0.29) is 5.91 Å². The average Bonchev–Trinajstić information content (AvgIpc) is 2.46. The van der Waals surface area contributed by atoms with Crippen molar-refractivity contribution in [1.29, 1.82) is 0 Å². The van der Waals surface area contributed by atoms with Gasteiger partial charge in [-0.05, 0) is 37.0 Å². The zero-order valence-electron chi connectivity index (χ0n) is 11.9. The molecule has 1 fully saturated rings. The van der Waals surface area contributed by atoms with Gasteiger partial charge < -0.3 is 10.0 Å². The van der Waals surface area contributed by atoms with Crippen LogP contribution in [0.25, 0.3) is 0 Å². The van der Waals surface area contributed by atoms with E-state index in [0.29, 0.717) is 24.3 Å². The van der Waals surface area contributed by atoms with Crippen LogP contribution < -0.4 is 0 Å². The zero-order chi connectivity index (χ0) is 15.4. The van der Waals surface area contributed by atoms with Crippen molar-refractivity contribution in [1.82, 2.24) is 4.90 Å². The van der Waals surface area contributed by atoms with E-state index in [9.17, 15) is 18.9 Å². The van der Waals surface area contributed by atoms with E-state index in [4.69, 9.17) is 0 Å². The van der Waals surface area contributed by atoms with Gasteiger partial charge in [-0.15, -0.1) is 0 Å². The third-order valence-corrected chi connectivity index (χ3v) is 4.33. The molecule has 114 valence electrons. The number of carbonyl (C=O) groups excluding carboxylic acids is 1. The number of amides is 1. The molecule has 1 saturated heterocycles. The van der Waals surface area contributed by atoms with Gasteiger partial charge in [0.15, 0.2) is 0 Å². The second-order valence-corrected chi connectivity index (χ2v) is 6.70. The summed E-state index contributed by atoms with van der Waals surface area (Å²) >= 11 is 0. The molecule has 1 heterocycles. The van der Waals surface area contributed by atoms with E-state index >= 15 is 0 Å². The minimum atomic E-state index is -0.976. The van der Waals surface area contributed by atoms with Gasteiger partial charge in [-0.2, -0.15) is 0 Å². The first kappa shape index (κ1) is 15.7. The first-order valence-corrected chi connectivity index (χ1v) is 8.64. The van der Waals surface area contributed by atoms with Crippen LogP contribution in [0.5, 0.6) is 0 Å². The molecule has 0 bridgehead atoms. The summed E-state index contributed by atoms with van der Waals surface area (Å²) < 4.78 is 11.3. The largest absolute Gasteiger partial charge is 0.480 e. The summed E-state index contributed by atoms with van der Waals surface area (Å²) in [5.41, 5.74) is 1.29. The number of benzene rings is 1. The molecule has 6 heteroatoms. The van der Waals surface area contributed by atoms with Crippen molar-refractivity contribution in [3.05, 3.63) is 35.4 Å². The van der Waals surface area contributed by atoms with E-state index in [1.807, 2.05) is 6.07 Å². The van der Waals surface area contributed by atoms with Gasteiger partial charge in [-0.25, -0.2) is 4.79 Å². The van der Waals surface area contributed by atoms with Crippen LogP contribution in [-0.2, 0) is 21.3 Å². The number of carboxylic acids is 1. The number of aliphatic carboxylic acids is 1. The van der Waals surface area contributed by atoms with Crippen LogP contribution in [-0.4, -0.2) is 44.9 Å². The lowest BCUT2D eigenvalue weighted by Gasteiger charge is -2.33. The van der Waals surface area contributed by atoms with Crippen molar-refractivity contribution in [3.8, 4) is 0 Å². The Morgan fingerprint density at radius 1 is 1.38 bits per heavy atom. The standard InChI is InChI=1S/C15H19NO4S/c1-21(20)10-11-5-4-6-12(9-11)14(17)16-8-3-2-7-13(16)15(18)19/h4-6,9,13H,2-3,7-8,10H2,1H3,(H,18,19)/t13-,21?/m1/s1. The number of hydrogen-bond donors (Lipinski definition) is 1. The third kappa shape index (κ3) is 3.91. The normalized spacial score (nSPS) is 20.0. The number of piperidine rings is 1. The molecular weight excluding hydrogens is 290 g/mol. The smallest absolute Gasteiger partial charge is 0.326 e. The van der Waals surface area contributed by atoms with E-state index in [0.717, 1.165) is 18.4 Å². The molecule has 0 saturated carbocycles. The Morgan fingerprint density at radius 2 is 2.14 bits per heavy atom. The predicted molar refractivity (Wildman–Crippen MR) is 80.5 cm³/mol. The van der Waals surface area contributed by atoms with E-state index in [2.05, 4.69) is 0 Å². The van der Waals surface area contributed by atoms with Crippen molar-refractivity contribution in [2.24, 2.45) is 0 Å².